The first-order valence-electron chi connectivity index (χ1n) is 9.27. The van der Waals surface area contributed by atoms with Gasteiger partial charge >= 0.3 is 12.1 Å². The lowest BCUT2D eigenvalue weighted by Gasteiger charge is -2.55. The molecule has 5 nitrogen and oxygen atoms in total. The van der Waals surface area contributed by atoms with Gasteiger partial charge in [0.15, 0.2) is 0 Å². The van der Waals surface area contributed by atoms with Crippen LogP contribution in [-0.4, -0.2) is 29.8 Å². The molecule has 3 saturated carbocycles. The zero-order valence-electron chi connectivity index (χ0n) is 15.9. The number of hydrogen-bond donors (Lipinski definition) is 1. The molecule has 0 unspecified atom stereocenters. The second kappa shape index (κ2) is 6.93. The molecule has 24 heavy (non-hydrogen) atoms. The highest BCUT2D eigenvalue weighted by atomic mass is 16.6. The summed E-state index contributed by atoms with van der Waals surface area (Å²) in [6.45, 7) is 10.1. The molecule has 3 aliphatic rings. The Balaban J connectivity index is 1.92. The average molecular weight is 339 g/mol. The van der Waals surface area contributed by atoms with Crippen LogP contribution in [0.4, 0.5) is 4.79 Å². The fourth-order valence-corrected chi connectivity index (χ4v) is 4.35. The van der Waals surface area contributed by atoms with E-state index in [9.17, 15) is 9.59 Å². The number of esters is 1. The summed E-state index contributed by atoms with van der Waals surface area (Å²) in [4.78, 5) is 24.0. The first kappa shape index (κ1) is 19.1. The number of hydrogen-bond acceptors (Lipinski definition) is 4. The van der Waals surface area contributed by atoms with Gasteiger partial charge in [0.1, 0.15) is 5.60 Å². The van der Waals surface area contributed by atoms with Crippen molar-refractivity contribution in [3.05, 3.63) is 0 Å². The predicted octanol–water partition coefficient (Wildman–Crippen LogP) is 4.19. The summed E-state index contributed by atoms with van der Waals surface area (Å²) in [6, 6.07) is 0. The van der Waals surface area contributed by atoms with Crippen molar-refractivity contribution >= 4 is 12.1 Å². The van der Waals surface area contributed by atoms with Crippen LogP contribution in [0.2, 0.25) is 0 Å². The quantitative estimate of drug-likeness (QED) is 0.763. The van der Waals surface area contributed by atoms with Crippen molar-refractivity contribution in [1.29, 1.82) is 0 Å². The fourth-order valence-electron chi connectivity index (χ4n) is 4.35. The summed E-state index contributed by atoms with van der Waals surface area (Å²) < 4.78 is 10.5. The number of nitrogens with one attached hydrogen (secondary N) is 1. The molecule has 3 aliphatic carbocycles. The lowest BCUT2D eigenvalue weighted by molar-refractivity contribution is -0.146. The summed E-state index contributed by atoms with van der Waals surface area (Å²) in [5, 5.41) is 3.14. The summed E-state index contributed by atoms with van der Waals surface area (Å²) in [5.41, 5.74) is -0.361. The fraction of sp³-hybridized carbons (Fsp3) is 0.895. The van der Waals surface area contributed by atoms with Gasteiger partial charge in [-0.3, -0.25) is 4.79 Å². The Bertz CT molecular complexity index is 456. The lowest BCUT2D eigenvalue weighted by Crippen LogP contribution is -2.58. The van der Waals surface area contributed by atoms with Crippen LogP contribution in [0.15, 0.2) is 0 Å². The maximum Gasteiger partial charge on any atom is 0.408 e. The number of amides is 1. The van der Waals surface area contributed by atoms with Gasteiger partial charge in [0, 0.05) is 12.0 Å². The van der Waals surface area contributed by atoms with Gasteiger partial charge in [-0.2, -0.15) is 0 Å². The van der Waals surface area contributed by atoms with E-state index in [4.69, 9.17) is 9.47 Å². The Morgan fingerprint density at radius 2 is 1.62 bits per heavy atom. The van der Waals surface area contributed by atoms with Crippen LogP contribution in [0, 0.1) is 11.3 Å². The summed E-state index contributed by atoms with van der Waals surface area (Å²) >= 11 is 0. The summed E-state index contributed by atoms with van der Waals surface area (Å²) in [6.07, 6.45) is 6.28. The molecule has 0 radical (unpaired) electrons. The lowest BCUT2D eigenvalue weighted by atomic mass is 9.53. The van der Waals surface area contributed by atoms with Gasteiger partial charge in [0.2, 0.25) is 0 Å². The standard InChI is InChI=1S/C19H33NO4/c1-6-23-15(21)13-14(2)18-7-10-19(11-8-18,12-9-18)20-16(22)24-17(3,4)5/h14H,6-13H2,1-5H3,(H,20,22)/t14-,18?,19?/m0/s1. The molecule has 5 heteroatoms. The highest BCUT2D eigenvalue weighted by Crippen LogP contribution is 2.56. The van der Waals surface area contributed by atoms with Gasteiger partial charge in [-0.1, -0.05) is 6.92 Å². The Morgan fingerprint density at radius 1 is 1.08 bits per heavy atom. The van der Waals surface area contributed by atoms with Crippen molar-refractivity contribution in [2.24, 2.45) is 11.3 Å². The molecule has 0 aliphatic heterocycles. The molecular weight excluding hydrogens is 306 g/mol. The van der Waals surface area contributed by atoms with Crippen molar-refractivity contribution in [2.45, 2.75) is 90.7 Å². The maximum atomic E-state index is 12.1. The van der Waals surface area contributed by atoms with E-state index >= 15 is 0 Å². The first-order valence-corrected chi connectivity index (χ1v) is 9.27. The molecule has 0 heterocycles. The zero-order chi connectivity index (χ0) is 18.0. The molecule has 1 atom stereocenters. The molecule has 3 fully saturated rings. The molecule has 138 valence electrons. The number of carbonyl (C=O) groups is 2. The van der Waals surface area contributed by atoms with Crippen molar-refractivity contribution in [3.63, 3.8) is 0 Å². The van der Waals surface area contributed by atoms with Gasteiger partial charge in [-0.05, 0) is 77.6 Å². The molecule has 0 saturated heterocycles. The number of alkyl carbamates (subject to hydrolysis) is 1. The van der Waals surface area contributed by atoms with E-state index in [1.807, 2.05) is 27.7 Å². The minimum absolute atomic E-state index is 0.0892. The Morgan fingerprint density at radius 3 is 2.08 bits per heavy atom. The third-order valence-electron chi connectivity index (χ3n) is 5.89. The molecule has 1 amide bonds. The van der Waals surface area contributed by atoms with E-state index in [1.54, 1.807) is 0 Å². The Labute approximate surface area is 145 Å². The van der Waals surface area contributed by atoms with E-state index in [0.717, 1.165) is 38.5 Å². The van der Waals surface area contributed by atoms with Crippen LogP contribution in [0.25, 0.3) is 0 Å². The number of fused-ring (bicyclic) bond motifs is 3. The van der Waals surface area contributed by atoms with Crippen LogP contribution >= 0.6 is 0 Å². The van der Waals surface area contributed by atoms with Gasteiger partial charge in [-0.25, -0.2) is 4.79 Å². The summed E-state index contributed by atoms with van der Waals surface area (Å²) in [5.74, 6) is 0.241. The molecule has 2 bridgehead atoms. The molecule has 0 aromatic heterocycles. The van der Waals surface area contributed by atoms with Crippen molar-refractivity contribution in [1.82, 2.24) is 5.32 Å². The SMILES string of the molecule is CCOC(=O)C[C@H](C)C12CCC(NC(=O)OC(C)(C)C)(CC1)CC2. The molecule has 3 rings (SSSR count). The van der Waals surface area contributed by atoms with E-state index < -0.39 is 5.60 Å². The second-order valence-corrected chi connectivity index (χ2v) is 8.68. The van der Waals surface area contributed by atoms with Crippen molar-refractivity contribution < 1.29 is 19.1 Å². The van der Waals surface area contributed by atoms with Crippen LogP contribution in [-0.2, 0) is 14.3 Å². The largest absolute Gasteiger partial charge is 0.466 e. The minimum atomic E-state index is -0.470. The van der Waals surface area contributed by atoms with Gasteiger partial charge in [0.25, 0.3) is 0 Å². The number of carbonyl (C=O) groups excluding carboxylic acids is 2. The Hall–Kier alpha value is -1.26. The number of ether oxygens (including phenoxy) is 2. The third kappa shape index (κ3) is 4.42. The molecule has 1 N–H and O–H groups in total. The van der Waals surface area contributed by atoms with Crippen LogP contribution < -0.4 is 5.32 Å². The van der Waals surface area contributed by atoms with Crippen LogP contribution in [0.5, 0.6) is 0 Å². The smallest absolute Gasteiger partial charge is 0.408 e. The van der Waals surface area contributed by atoms with E-state index in [1.165, 1.54) is 0 Å². The van der Waals surface area contributed by atoms with Gasteiger partial charge in [0.05, 0.1) is 6.61 Å². The normalized spacial score (nSPS) is 30.5. The van der Waals surface area contributed by atoms with Crippen molar-refractivity contribution in [2.75, 3.05) is 6.61 Å². The number of rotatable bonds is 5. The second-order valence-electron chi connectivity index (χ2n) is 8.68. The Kier molecular flexibility index (Phi) is 5.50. The van der Waals surface area contributed by atoms with Gasteiger partial charge in [-0.15, -0.1) is 0 Å². The first-order chi connectivity index (χ1) is 11.1. The van der Waals surface area contributed by atoms with Crippen molar-refractivity contribution in [3.8, 4) is 0 Å². The van der Waals surface area contributed by atoms with E-state index in [2.05, 4.69) is 12.2 Å². The minimum Gasteiger partial charge on any atom is -0.466 e. The molecule has 0 aromatic carbocycles. The topological polar surface area (TPSA) is 64.6 Å². The third-order valence-corrected chi connectivity index (χ3v) is 5.89. The van der Waals surface area contributed by atoms with Crippen LogP contribution in [0.1, 0.15) is 79.6 Å². The predicted molar refractivity (Wildman–Crippen MR) is 92.6 cm³/mol. The molecule has 0 spiro atoms. The van der Waals surface area contributed by atoms with Crippen LogP contribution in [0.3, 0.4) is 0 Å². The van der Waals surface area contributed by atoms with E-state index in [0.29, 0.717) is 18.9 Å². The van der Waals surface area contributed by atoms with Gasteiger partial charge < -0.3 is 14.8 Å². The maximum absolute atomic E-state index is 12.1. The monoisotopic (exact) mass is 339 g/mol. The highest BCUT2D eigenvalue weighted by Gasteiger charge is 2.51. The zero-order valence-corrected chi connectivity index (χ0v) is 15.9. The van der Waals surface area contributed by atoms with E-state index in [-0.39, 0.29) is 23.0 Å². The summed E-state index contributed by atoms with van der Waals surface area (Å²) in [7, 11) is 0. The average Bonchev–Trinajstić information content (AvgIpc) is 2.46. The molecule has 0 aromatic rings. The molecular formula is C19H33NO4. The highest BCUT2D eigenvalue weighted by molar-refractivity contribution is 5.70.